The number of halogens is 2. The maximum atomic E-state index is 14.5. The predicted molar refractivity (Wildman–Crippen MR) is 113 cm³/mol. The van der Waals surface area contributed by atoms with Crippen LogP contribution >= 0.6 is 15.9 Å². The van der Waals surface area contributed by atoms with Crippen LogP contribution < -0.4 is 0 Å². The standard InChI is InChI=1S/C21H33BrFNOSi/c1-20(2,3)26(6,7)25-14-12-16(9-8-13-24)21(4,5)18-15-17(22)10-11-19(18)23/h10-11,15-16H,8-9,12,14H2,1-7H3. The van der Waals surface area contributed by atoms with Crippen molar-refractivity contribution in [3.63, 3.8) is 0 Å². The summed E-state index contributed by atoms with van der Waals surface area (Å²) in [5.74, 6) is -0.0128. The fourth-order valence-electron chi connectivity index (χ4n) is 2.99. The number of benzene rings is 1. The van der Waals surface area contributed by atoms with E-state index in [4.69, 9.17) is 9.69 Å². The van der Waals surface area contributed by atoms with Gasteiger partial charge in [0.15, 0.2) is 8.32 Å². The molecule has 0 saturated heterocycles. The molecule has 0 saturated carbocycles. The Labute approximate surface area is 168 Å². The second-order valence-electron chi connectivity index (χ2n) is 9.14. The third kappa shape index (κ3) is 5.90. The molecule has 1 aromatic rings. The molecule has 1 aromatic carbocycles. The van der Waals surface area contributed by atoms with E-state index in [0.29, 0.717) is 18.6 Å². The summed E-state index contributed by atoms with van der Waals surface area (Å²) in [6.07, 6.45) is 2.05. The summed E-state index contributed by atoms with van der Waals surface area (Å²) >= 11 is 3.45. The molecule has 0 aromatic heterocycles. The van der Waals surface area contributed by atoms with E-state index < -0.39 is 8.32 Å². The summed E-state index contributed by atoms with van der Waals surface area (Å²) in [5, 5.41) is 9.22. The molecule has 0 N–H and O–H groups in total. The predicted octanol–water partition coefficient (Wildman–Crippen LogP) is 7.20. The Balaban J connectivity index is 2.98. The van der Waals surface area contributed by atoms with Gasteiger partial charge in [-0.05, 0) is 66.1 Å². The molecular weight excluding hydrogens is 409 g/mol. The van der Waals surface area contributed by atoms with Crippen LogP contribution in [0, 0.1) is 23.1 Å². The summed E-state index contributed by atoms with van der Waals surface area (Å²) < 4.78 is 21.7. The average molecular weight is 442 g/mol. The Morgan fingerprint density at radius 2 is 1.81 bits per heavy atom. The molecule has 0 fully saturated rings. The fourth-order valence-corrected chi connectivity index (χ4v) is 4.41. The topological polar surface area (TPSA) is 33.0 Å². The van der Waals surface area contributed by atoms with Gasteiger partial charge in [0.05, 0.1) is 6.07 Å². The zero-order chi connectivity index (χ0) is 20.2. The van der Waals surface area contributed by atoms with Crippen molar-refractivity contribution in [3.8, 4) is 6.07 Å². The third-order valence-corrected chi connectivity index (χ3v) is 11.0. The van der Waals surface area contributed by atoms with Crippen LogP contribution in [0.4, 0.5) is 4.39 Å². The molecule has 0 aliphatic rings. The molecule has 0 spiro atoms. The lowest BCUT2D eigenvalue weighted by atomic mass is 9.70. The molecular formula is C21H33BrFNOSi. The van der Waals surface area contributed by atoms with Crippen LogP contribution in [-0.2, 0) is 9.84 Å². The molecule has 2 nitrogen and oxygen atoms in total. The monoisotopic (exact) mass is 441 g/mol. The molecule has 1 unspecified atom stereocenters. The highest BCUT2D eigenvalue weighted by Crippen LogP contribution is 2.40. The number of rotatable bonds is 8. The SMILES string of the molecule is CC(C)(c1cc(Br)ccc1F)C(CCC#N)CCO[Si](C)(C)C(C)(C)C. The van der Waals surface area contributed by atoms with Gasteiger partial charge in [0, 0.05) is 17.5 Å². The molecule has 5 heteroatoms. The van der Waals surface area contributed by atoms with Gasteiger partial charge in [-0.2, -0.15) is 5.26 Å². The smallest absolute Gasteiger partial charge is 0.191 e. The normalized spacial score (nSPS) is 14.2. The number of nitriles is 1. The van der Waals surface area contributed by atoms with E-state index in [9.17, 15) is 4.39 Å². The molecule has 0 radical (unpaired) electrons. The number of hydrogen-bond acceptors (Lipinski definition) is 2. The zero-order valence-corrected chi connectivity index (χ0v) is 19.8. The van der Waals surface area contributed by atoms with Crippen molar-refractivity contribution < 1.29 is 8.82 Å². The highest BCUT2D eigenvalue weighted by atomic mass is 79.9. The van der Waals surface area contributed by atoms with E-state index in [1.807, 2.05) is 6.07 Å². The van der Waals surface area contributed by atoms with E-state index >= 15 is 0 Å². The highest BCUT2D eigenvalue weighted by Gasteiger charge is 2.38. The zero-order valence-electron chi connectivity index (χ0n) is 17.2. The van der Waals surface area contributed by atoms with Gasteiger partial charge in [0.2, 0.25) is 0 Å². The molecule has 0 amide bonds. The van der Waals surface area contributed by atoms with E-state index in [1.165, 1.54) is 6.07 Å². The van der Waals surface area contributed by atoms with Crippen LogP contribution in [0.25, 0.3) is 0 Å². The number of hydrogen-bond donors (Lipinski definition) is 0. The minimum Gasteiger partial charge on any atom is -0.417 e. The first-order valence-electron chi connectivity index (χ1n) is 9.29. The van der Waals surface area contributed by atoms with E-state index in [1.54, 1.807) is 6.07 Å². The van der Waals surface area contributed by atoms with Crippen molar-refractivity contribution in [2.24, 2.45) is 5.92 Å². The molecule has 1 rings (SSSR count). The summed E-state index contributed by atoms with van der Waals surface area (Å²) in [7, 11) is -1.81. The van der Waals surface area contributed by atoms with Gasteiger partial charge in [0.1, 0.15) is 5.82 Å². The van der Waals surface area contributed by atoms with Gasteiger partial charge >= 0.3 is 0 Å². The van der Waals surface area contributed by atoms with Crippen LogP contribution in [-0.4, -0.2) is 14.9 Å². The summed E-state index contributed by atoms with van der Waals surface area (Å²) in [6, 6.07) is 7.34. The molecule has 26 heavy (non-hydrogen) atoms. The first-order valence-corrected chi connectivity index (χ1v) is 13.0. The van der Waals surface area contributed by atoms with Gasteiger partial charge in [-0.25, -0.2) is 4.39 Å². The molecule has 0 aliphatic carbocycles. The summed E-state index contributed by atoms with van der Waals surface area (Å²) in [4.78, 5) is 0. The van der Waals surface area contributed by atoms with Crippen molar-refractivity contribution >= 4 is 24.2 Å². The lowest BCUT2D eigenvalue weighted by molar-refractivity contribution is 0.202. The van der Waals surface area contributed by atoms with Gasteiger partial charge in [-0.15, -0.1) is 0 Å². The van der Waals surface area contributed by atoms with Crippen LogP contribution in [0.5, 0.6) is 0 Å². The van der Waals surface area contributed by atoms with Crippen LogP contribution in [0.2, 0.25) is 18.1 Å². The average Bonchev–Trinajstić information content (AvgIpc) is 2.51. The van der Waals surface area contributed by atoms with Gasteiger partial charge < -0.3 is 4.43 Å². The first-order chi connectivity index (χ1) is 11.8. The lowest BCUT2D eigenvalue weighted by Gasteiger charge is -2.39. The number of nitrogens with zero attached hydrogens (tertiary/aromatic N) is 1. The molecule has 1 atom stereocenters. The minimum atomic E-state index is -1.81. The van der Waals surface area contributed by atoms with Gasteiger partial charge in [0.25, 0.3) is 0 Å². The second-order valence-corrected chi connectivity index (χ2v) is 14.9. The maximum Gasteiger partial charge on any atom is 0.191 e. The minimum absolute atomic E-state index is 0.168. The Morgan fingerprint density at radius 3 is 2.35 bits per heavy atom. The molecule has 0 heterocycles. The molecule has 0 bridgehead atoms. The van der Waals surface area contributed by atoms with Crippen molar-refractivity contribution in [1.29, 1.82) is 5.26 Å². The second kappa shape index (κ2) is 8.99. The van der Waals surface area contributed by atoms with Gasteiger partial charge in [-0.1, -0.05) is 50.5 Å². The quantitative estimate of drug-likeness (QED) is 0.399. The van der Waals surface area contributed by atoms with E-state index in [2.05, 4.69) is 69.7 Å². The lowest BCUT2D eigenvalue weighted by Crippen LogP contribution is -2.41. The third-order valence-electron chi connectivity index (χ3n) is 5.98. The van der Waals surface area contributed by atoms with Gasteiger partial charge in [-0.3, -0.25) is 0 Å². The van der Waals surface area contributed by atoms with Crippen molar-refractivity contribution in [1.82, 2.24) is 0 Å². The van der Waals surface area contributed by atoms with Crippen LogP contribution in [0.15, 0.2) is 22.7 Å². The van der Waals surface area contributed by atoms with E-state index in [-0.39, 0.29) is 22.2 Å². The molecule has 0 aliphatic heterocycles. The Morgan fingerprint density at radius 1 is 1.19 bits per heavy atom. The van der Waals surface area contributed by atoms with Crippen molar-refractivity contribution in [2.45, 2.75) is 77.4 Å². The largest absolute Gasteiger partial charge is 0.417 e. The van der Waals surface area contributed by atoms with Crippen LogP contribution in [0.3, 0.4) is 0 Å². The summed E-state index contributed by atoms with van der Waals surface area (Å²) in [5.41, 5.74) is 0.323. The van der Waals surface area contributed by atoms with Crippen molar-refractivity contribution in [3.05, 3.63) is 34.1 Å². The first kappa shape index (κ1) is 23.3. The Bertz CT molecular complexity index is 646. The fraction of sp³-hybridized carbons (Fsp3) is 0.667. The van der Waals surface area contributed by atoms with E-state index in [0.717, 1.165) is 17.3 Å². The molecule has 146 valence electrons. The van der Waals surface area contributed by atoms with Crippen molar-refractivity contribution in [2.75, 3.05) is 6.61 Å². The Hall–Kier alpha value is -0.703. The Kier molecular flexibility index (Phi) is 8.07. The summed E-state index contributed by atoms with van der Waals surface area (Å²) in [6.45, 7) is 16.0. The highest BCUT2D eigenvalue weighted by molar-refractivity contribution is 9.10. The maximum absolute atomic E-state index is 14.5. The van der Waals surface area contributed by atoms with Crippen LogP contribution in [0.1, 0.15) is 59.4 Å².